The monoisotopic (exact) mass is 257 g/mol. The first-order valence-corrected chi connectivity index (χ1v) is 6.45. The molecule has 0 atom stereocenters. The third kappa shape index (κ3) is 3.32. The van der Waals surface area contributed by atoms with E-state index < -0.39 is 0 Å². The number of pyridine rings is 1. The molecule has 3 heteroatoms. The molecule has 1 heterocycles. The van der Waals surface area contributed by atoms with Crippen molar-refractivity contribution in [3.8, 4) is 11.6 Å². The Balaban J connectivity index is 2.34. The Bertz CT molecular complexity index is 564. The molecule has 1 aromatic carbocycles. The predicted molar refractivity (Wildman–Crippen MR) is 75.5 cm³/mol. The fourth-order valence-corrected chi connectivity index (χ4v) is 1.80. The van der Waals surface area contributed by atoms with Crippen molar-refractivity contribution in [2.45, 2.75) is 33.3 Å². The molecule has 0 saturated carbocycles. The van der Waals surface area contributed by atoms with Crippen LogP contribution in [0, 0.1) is 6.92 Å². The molecular weight excluding hydrogens is 238 g/mol. The van der Waals surface area contributed by atoms with Crippen LogP contribution < -0.4 is 4.74 Å². The zero-order chi connectivity index (χ0) is 13.8. The summed E-state index contributed by atoms with van der Waals surface area (Å²) in [6, 6.07) is 11.5. The van der Waals surface area contributed by atoms with Gasteiger partial charge in [-0.2, -0.15) is 0 Å². The standard InChI is InChI=1S/C16H19NO2/c1-11(2)14-8-13(10-18)9-16(17-14)19-15-7-5-4-6-12(15)3/h4-9,11,18H,10H2,1-3H3. The second kappa shape index (κ2) is 5.85. The summed E-state index contributed by atoms with van der Waals surface area (Å²) >= 11 is 0. The molecule has 1 N–H and O–H groups in total. The Morgan fingerprint density at radius 1 is 1.21 bits per heavy atom. The molecule has 3 nitrogen and oxygen atoms in total. The van der Waals surface area contributed by atoms with E-state index in [4.69, 9.17) is 4.74 Å². The Kier molecular flexibility index (Phi) is 4.17. The van der Waals surface area contributed by atoms with Gasteiger partial charge in [-0.3, -0.25) is 0 Å². The molecule has 0 aliphatic carbocycles. The lowest BCUT2D eigenvalue weighted by atomic mass is 10.1. The molecule has 100 valence electrons. The molecule has 0 aliphatic rings. The van der Waals surface area contributed by atoms with Gasteiger partial charge in [0.05, 0.1) is 6.61 Å². The number of para-hydroxylation sites is 1. The second-order valence-electron chi connectivity index (χ2n) is 4.92. The van der Waals surface area contributed by atoms with Crippen molar-refractivity contribution in [1.82, 2.24) is 4.98 Å². The normalized spacial score (nSPS) is 10.8. The molecule has 2 rings (SSSR count). The van der Waals surface area contributed by atoms with E-state index in [0.717, 1.165) is 22.6 Å². The molecule has 0 fully saturated rings. The van der Waals surface area contributed by atoms with Gasteiger partial charge < -0.3 is 9.84 Å². The minimum atomic E-state index is -0.00757. The topological polar surface area (TPSA) is 42.4 Å². The van der Waals surface area contributed by atoms with Gasteiger partial charge in [-0.25, -0.2) is 4.98 Å². The first kappa shape index (κ1) is 13.6. The van der Waals surface area contributed by atoms with E-state index in [1.54, 1.807) is 6.07 Å². The van der Waals surface area contributed by atoms with Crippen LogP contribution in [-0.4, -0.2) is 10.1 Å². The van der Waals surface area contributed by atoms with Crippen molar-refractivity contribution >= 4 is 0 Å². The zero-order valence-electron chi connectivity index (χ0n) is 11.6. The van der Waals surface area contributed by atoms with E-state index in [0.29, 0.717) is 11.8 Å². The summed E-state index contributed by atoms with van der Waals surface area (Å²) in [4.78, 5) is 4.48. The Morgan fingerprint density at radius 3 is 2.58 bits per heavy atom. The number of aliphatic hydroxyl groups excluding tert-OH is 1. The highest BCUT2D eigenvalue weighted by Crippen LogP contribution is 2.26. The zero-order valence-corrected chi connectivity index (χ0v) is 11.6. The van der Waals surface area contributed by atoms with Gasteiger partial charge in [0.2, 0.25) is 5.88 Å². The predicted octanol–water partition coefficient (Wildman–Crippen LogP) is 3.80. The van der Waals surface area contributed by atoms with Gasteiger partial charge in [-0.1, -0.05) is 32.0 Å². The minimum absolute atomic E-state index is 0.00757. The number of nitrogens with zero attached hydrogens (tertiary/aromatic N) is 1. The molecule has 1 aromatic heterocycles. The van der Waals surface area contributed by atoms with Crippen LogP contribution in [0.1, 0.15) is 36.6 Å². The van der Waals surface area contributed by atoms with Crippen molar-refractivity contribution in [2.24, 2.45) is 0 Å². The fourth-order valence-electron chi connectivity index (χ4n) is 1.80. The van der Waals surface area contributed by atoms with Crippen LogP contribution in [0.3, 0.4) is 0 Å². The Morgan fingerprint density at radius 2 is 1.95 bits per heavy atom. The lowest BCUT2D eigenvalue weighted by Gasteiger charge is -2.12. The van der Waals surface area contributed by atoms with Gasteiger partial charge in [0.25, 0.3) is 0 Å². The van der Waals surface area contributed by atoms with Crippen LogP contribution in [0.4, 0.5) is 0 Å². The van der Waals surface area contributed by atoms with Crippen molar-refractivity contribution < 1.29 is 9.84 Å². The smallest absolute Gasteiger partial charge is 0.219 e. The van der Waals surface area contributed by atoms with Gasteiger partial charge in [0.15, 0.2) is 0 Å². The Labute approximate surface area is 113 Å². The summed E-state index contributed by atoms with van der Waals surface area (Å²) in [6.07, 6.45) is 0. The van der Waals surface area contributed by atoms with Crippen LogP contribution in [0.25, 0.3) is 0 Å². The molecule has 0 unspecified atom stereocenters. The van der Waals surface area contributed by atoms with Crippen molar-refractivity contribution in [3.05, 3.63) is 53.2 Å². The number of hydrogen-bond donors (Lipinski definition) is 1. The van der Waals surface area contributed by atoms with Gasteiger partial charge in [-0.05, 0) is 36.1 Å². The number of ether oxygens (including phenoxy) is 1. The maximum atomic E-state index is 9.31. The summed E-state index contributed by atoms with van der Waals surface area (Å²) in [5, 5.41) is 9.31. The molecule has 0 amide bonds. The van der Waals surface area contributed by atoms with Gasteiger partial charge in [-0.15, -0.1) is 0 Å². The highest BCUT2D eigenvalue weighted by molar-refractivity contribution is 5.36. The van der Waals surface area contributed by atoms with Crippen LogP contribution in [-0.2, 0) is 6.61 Å². The molecule has 0 spiro atoms. The second-order valence-corrected chi connectivity index (χ2v) is 4.92. The van der Waals surface area contributed by atoms with Crippen molar-refractivity contribution in [2.75, 3.05) is 0 Å². The fraction of sp³-hybridized carbons (Fsp3) is 0.312. The molecule has 0 aliphatic heterocycles. The van der Waals surface area contributed by atoms with Crippen LogP contribution in [0.2, 0.25) is 0 Å². The molecule has 19 heavy (non-hydrogen) atoms. The average Bonchev–Trinajstić information content (AvgIpc) is 2.41. The number of aliphatic hydroxyl groups is 1. The number of aryl methyl sites for hydroxylation is 1. The van der Waals surface area contributed by atoms with Crippen LogP contribution in [0.5, 0.6) is 11.6 Å². The van der Waals surface area contributed by atoms with Crippen LogP contribution >= 0.6 is 0 Å². The molecule has 0 bridgehead atoms. The van der Waals surface area contributed by atoms with Crippen molar-refractivity contribution in [3.63, 3.8) is 0 Å². The van der Waals surface area contributed by atoms with E-state index in [2.05, 4.69) is 18.8 Å². The number of aromatic nitrogens is 1. The molecule has 0 radical (unpaired) electrons. The van der Waals surface area contributed by atoms with Gasteiger partial charge in [0.1, 0.15) is 5.75 Å². The first-order chi connectivity index (χ1) is 9.10. The van der Waals surface area contributed by atoms with Crippen molar-refractivity contribution in [1.29, 1.82) is 0 Å². The third-order valence-electron chi connectivity index (χ3n) is 2.96. The first-order valence-electron chi connectivity index (χ1n) is 6.45. The van der Waals surface area contributed by atoms with Gasteiger partial charge in [0, 0.05) is 11.8 Å². The summed E-state index contributed by atoms with van der Waals surface area (Å²) in [7, 11) is 0. The SMILES string of the molecule is Cc1ccccc1Oc1cc(CO)cc(C(C)C)n1. The Hall–Kier alpha value is -1.87. The lowest BCUT2D eigenvalue weighted by molar-refractivity contribution is 0.280. The maximum Gasteiger partial charge on any atom is 0.219 e. The highest BCUT2D eigenvalue weighted by atomic mass is 16.5. The summed E-state index contributed by atoms with van der Waals surface area (Å²) in [5.41, 5.74) is 2.81. The lowest BCUT2D eigenvalue weighted by Crippen LogP contribution is -1.99. The van der Waals surface area contributed by atoms with E-state index in [9.17, 15) is 5.11 Å². The van der Waals surface area contributed by atoms with E-state index in [1.807, 2.05) is 37.3 Å². The largest absolute Gasteiger partial charge is 0.439 e. The van der Waals surface area contributed by atoms with E-state index >= 15 is 0 Å². The maximum absolute atomic E-state index is 9.31. The molecule has 2 aromatic rings. The van der Waals surface area contributed by atoms with Gasteiger partial charge >= 0.3 is 0 Å². The number of benzene rings is 1. The molecule has 0 saturated heterocycles. The summed E-state index contributed by atoms with van der Waals surface area (Å²) in [5.74, 6) is 1.62. The quantitative estimate of drug-likeness (QED) is 0.906. The van der Waals surface area contributed by atoms with Crippen LogP contribution in [0.15, 0.2) is 36.4 Å². The summed E-state index contributed by atoms with van der Waals surface area (Å²) in [6.45, 7) is 6.13. The minimum Gasteiger partial charge on any atom is -0.439 e. The van der Waals surface area contributed by atoms with E-state index in [1.165, 1.54) is 0 Å². The third-order valence-corrected chi connectivity index (χ3v) is 2.96. The average molecular weight is 257 g/mol. The summed E-state index contributed by atoms with van der Waals surface area (Å²) < 4.78 is 5.82. The number of hydrogen-bond acceptors (Lipinski definition) is 3. The van der Waals surface area contributed by atoms with E-state index in [-0.39, 0.29) is 6.61 Å². The molecular formula is C16H19NO2. The number of rotatable bonds is 4. The highest BCUT2D eigenvalue weighted by Gasteiger charge is 2.08.